The van der Waals surface area contributed by atoms with Crippen molar-refractivity contribution in [1.82, 2.24) is 5.32 Å². The first-order chi connectivity index (χ1) is 7.00. The second-order valence-electron chi connectivity index (χ2n) is 3.04. The number of hydrogen-bond acceptors (Lipinski definition) is 2. The molecule has 15 heavy (non-hydrogen) atoms. The summed E-state index contributed by atoms with van der Waals surface area (Å²) >= 11 is 5.79. The average molecular weight is 228 g/mol. The van der Waals surface area contributed by atoms with E-state index >= 15 is 0 Å². The summed E-state index contributed by atoms with van der Waals surface area (Å²) in [6, 6.07) is 4.76. The van der Waals surface area contributed by atoms with Gasteiger partial charge in [0.05, 0.1) is 0 Å². The number of nitrogens with one attached hydrogen (secondary N) is 1. The van der Waals surface area contributed by atoms with Crippen molar-refractivity contribution >= 4 is 23.5 Å². The van der Waals surface area contributed by atoms with Crippen molar-refractivity contribution in [2.75, 3.05) is 6.54 Å². The molecular formula is C10H10ClNO3. The molecule has 0 atom stereocenters. The van der Waals surface area contributed by atoms with Gasteiger partial charge in [0, 0.05) is 10.6 Å². The van der Waals surface area contributed by atoms with E-state index in [-0.39, 0.29) is 6.54 Å². The Morgan fingerprint density at radius 2 is 2.13 bits per heavy atom. The molecule has 0 saturated carbocycles. The number of aryl methyl sites for hydroxylation is 1. The van der Waals surface area contributed by atoms with Crippen LogP contribution in [0, 0.1) is 6.92 Å². The van der Waals surface area contributed by atoms with Crippen molar-refractivity contribution in [1.29, 1.82) is 0 Å². The van der Waals surface area contributed by atoms with Crippen molar-refractivity contribution in [3.05, 3.63) is 34.3 Å². The first kappa shape index (κ1) is 11.5. The standard InChI is InChI=1S/C10H10ClNO3/c1-6-4-7(2-3-8(6)11)10(15)12-5-9(13)14/h2-4H,5H2,1H3,(H,12,15)(H,13,14). The summed E-state index contributed by atoms with van der Waals surface area (Å²) in [6.07, 6.45) is 0. The Labute approximate surface area is 91.9 Å². The molecule has 1 aromatic carbocycles. The maximum absolute atomic E-state index is 11.4. The van der Waals surface area contributed by atoms with E-state index < -0.39 is 11.9 Å². The maximum Gasteiger partial charge on any atom is 0.322 e. The van der Waals surface area contributed by atoms with Gasteiger partial charge in [-0.2, -0.15) is 0 Å². The normalized spacial score (nSPS) is 9.73. The van der Waals surface area contributed by atoms with E-state index in [9.17, 15) is 9.59 Å². The van der Waals surface area contributed by atoms with E-state index in [0.29, 0.717) is 10.6 Å². The summed E-state index contributed by atoms with van der Waals surface area (Å²) in [5.41, 5.74) is 1.18. The lowest BCUT2D eigenvalue weighted by Crippen LogP contribution is -2.29. The number of carboxylic acids is 1. The van der Waals surface area contributed by atoms with Crippen molar-refractivity contribution in [2.45, 2.75) is 6.92 Å². The molecule has 0 aromatic heterocycles. The molecule has 1 aromatic rings. The predicted octanol–water partition coefficient (Wildman–Crippen LogP) is 1.46. The van der Waals surface area contributed by atoms with E-state index in [1.54, 1.807) is 25.1 Å². The van der Waals surface area contributed by atoms with Crippen LogP contribution in [-0.2, 0) is 4.79 Å². The Bertz CT molecular complexity index is 404. The number of carbonyl (C=O) groups is 2. The molecular weight excluding hydrogens is 218 g/mol. The Kier molecular flexibility index (Phi) is 3.68. The molecule has 1 rings (SSSR count). The fraction of sp³-hybridized carbons (Fsp3) is 0.200. The third-order valence-corrected chi connectivity index (χ3v) is 2.24. The molecule has 0 aliphatic rings. The van der Waals surface area contributed by atoms with Crippen molar-refractivity contribution in [3.63, 3.8) is 0 Å². The lowest BCUT2D eigenvalue weighted by atomic mass is 10.1. The molecule has 80 valence electrons. The molecule has 4 nitrogen and oxygen atoms in total. The molecule has 2 N–H and O–H groups in total. The lowest BCUT2D eigenvalue weighted by Gasteiger charge is -2.04. The van der Waals surface area contributed by atoms with Crippen LogP contribution in [0.2, 0.25) is 5.02 Å². The predicted molar refractivity (Wildman–Crippen MR) is 56.2 cm³/mol. The Morgan fingerprint density at radius 1 is 1.47 bits per heavy atom. The Balaban J connectivity index is 2.74. The molecule has 1 amide bonds. The molecule has 0 spiro atoms. The molecule has 0 aliphatic heterocycles. The summed E-state index contributed by atoms with van der Waals surface area (Å²) in [6.45, 7) is 1.39. The van der Waals surface area contributed by atoms with E-state index in [1.165, 1.54) is 0 Å². The SMILES string of the molecule is Cc1cc(C(=O)NCC(=O)O)ccc1Cl. The van der Waals surface area contributed by atoms with Crippen molar-refractivity contribution < 1.29 is 14.7 Å². The molecule has 0 bridgehead atoms. The molecule has 0 heterocycles. The van der Waals surface area contributed by atoms with Crippen LogP contribution in [-0.4, -0.2) is 23.5 Å². The highest BCUT2D eigenvalue weighted by atomic mass is 35.5. The van der Waals surface area contributed by atoms with E-state index in [0.717, 1.165) is 5.56 Å². The lowest BCUT2D eigenvalue weighted by molar-refractivity contribution is -0.135. The summed E-state index contributed by atoms with van der Waals surface area (Å²) < 4.78 is 0. The fourth-order valence-electron chi connectivity index (χ4n) is 1.04. The number of carboxylic acid groups (broad SMARTS) is 1. The highest BCUT2D eigenvalue weighted by Crippen LogP contribution is 2.15. The van der Waals surface area contributed by atoms with Crippen LogP contribution in [0.5, 0.6) is 0 Å². The summed E-state index contributed by atoms with van der Waals surface area (Å²) in [4.78, 5) is 21.6. The third kappa shape index (κ3) is 3.25. The quantitative estimate of drug-likeness (QED) is 0.822. The smallest absolute Gasteiger partial charge is 0.322 e. The molecule has 5 heteroatoms. The minimum atomic E-state index is -1.07. The second-order valence-corrected chi connectivity index (χ2v) is 3.45. The highest BCUT2D eigenvalue weighted by Gasteiger charge is 2.07. The zero-order valence-corrected chi connectivity index (χ0v) is 8.84. The van der Waals surface area contributed by atoms with Crippen LogP contribution in [0.3, 0.4) is 0 Å². The first-order valence-electron chi connectivity index (χ1n) is 4.27. The van der Waals surface area contributed by atoms with Gasteiger partial charge >= 0.3 is 5.97 Å². The highest BCUT2D eigenvalue weighted by molar-refractivity contribution is 6.31. The zero-order valence-electron chi connectivity index (χ0n) is 8.08. The van der Waals surface area contributed by atoms with Crippen LogP contribution < -0.4 is 5.32 Å². The van der Waals surface area contributed by atoms with Gasteiger partial charge in [-0.15, -0.1) is 0 Å². The summed E-state index contributed by atoms with van der Waals surface area (Å²) in [7, 11) is 0. The molecule has 0 aliphatic carbocycles. The fourth-order valence-corrected chi connectivity index (χ4v) is 1.16. The number of carbonyl (C=O) groups excluding carboxylic acids is 1. The zero-order chi connectivity index (χ0) is 11.4. The summed E-state index contributed by atoms with van der Waals surface area (Å²) in [5, 5.41) is 11.2. The minimum absolute atomic E-state index is 0.388. The van der Waals surface area contributed by atoms with Gasteiger partial charge in [-0.25, -0.2) is 0 Å². The average Bonchev–Trinajstić information content (AvgIpc) is 2.18. The van der Waals surface area contributed by atoms with Gasteiger partial charge in [-0.1, -0.05) is 11.6 Å². The van der Waals surface area contributed by atoms with Gasteiger partial charge in [-0.05, 0) is 30.7 Å². The number of hydrogen-bond donors (Lipinski definition) is 2. The van der Waals surface area contributed by atoms with Crippen LogP contribution in [0.15, 0.2) is 18.2 Å². The monoisotopic (exact) mass is 227 g/mol. The van der Waals surface area contributed by atoms with E-state index in [2.05, 4.69) is 5.32 Å². The van der Waals surface area contributed by atoms with Crippen molar-refractivity contribution in [2.24, 2.45) is 0 Å². The number of amides is 1. The van der Waals surface area contributed by atoms with E-state index in [1.807, 2.05) is 0 Å². The topological polar surface area (TPSA) is 66.4 Å². The van der Waals surface area contributed by atoms with Crippen LogP contribution in [0.4, 0.5) is 0 Å². The second kappa shape index (κ2) is 4.79. The van der Waals surface area contributed by atoms with Crippen molar-refractivity contribution in [3.8, 4) is 0 Å². The molecule has 0 radical (unpaired) electrons. The Hall–Kier alpha value is -1.55. The molecule has 0 fully saturated rings. The number of halogens is 1. The van der Waals surface area contributed by atoms with Gasteiger partial charge in [0.1, 0.15) is 6.54 Å². The van der Waals surface area contributed by atoms with E-state index in [4.69, 9.17) is 16.7 Å². The molecule has 0 unspecified atom stereocenters. The van der Waals surface area contributed by atoms with Gasteiger partial charge in [0.2, 0.25) is 0 Å². The van der Waals surface area contributed by atoms with Gasteiger partial charge in [0.15, 0.2) is 0 Å². The summed E-state index contributed by atoms with van der Waals surface area (Å²) in [5.74, 6) is -1.49. The van der Waals surface area contributed by atoms with Gasteiger partial charge in [0.25, 0.3) is 5.91 Å². The van der Waals surface area contributed by atoms with Crippen LogP contribution in [0.25, 0.3) is 0 Å². The van der Waals surface area contributed by atoms with Gasteiger partial charge in [-0.3, -0.25) is 9.59 Å². The van der Waals surface area contributed by atoms with Crippen LogP contribution >= 0.6 is 11.6 Å². The largest absolute Gasteiger partial charge is 0.480 e. The minimum Gasteiger partial charge on any atom is -0.480 e. The van der Waals surface area contributed by atoms with Gasteiger partial charge < -0.3 is 10.4 Å². The maximum atomic E-state index is 11.4. The number of aliphatic carboxylic acids is 1. The third-order valence-electron chi connectivity index (χ3n) is 1.82. The Morgan fingerprint density at radius 3 is 2.67 bits per heavy atom. The molecule has 0 saturated heterocycles. The first-order valence-corrected chi connectivity index (χ1v) is 4.64. The number of rotatable bonds is 3. The van der Waals surface area contributed by atoms with Crippen LogP contribution in [0.1, 0.15) is 15.9 Å². The number of benzene rings is 1.